The minimum Gasteiger partial charge on any atom is -0.507 e. The normalized spacial score (nSPS) is 17.4. The second-order valence-electron chi connectivity index (χ2n) is 7.11. The highest BCUT2D eigenvalue weighted by Crippen LogP contribution is 2.31. The van der Waals surface area contributed by atoms with E-state index in [9.17, 15) is 5.11 Å². The third-order valence-electron chi connectivity index (χ3n) is 4.95. The molecule has 3 aromatic rings. The number of phenolic OH excluding ortho intramolecular Hbond substituents is 1. The maximum atomic E-state index is 10.4. The van der Waals surface area contributed by atoms with Crippen molar-refractivity contribution in [2.24, 2.45) is 5.92 Å². The standard InChI is InChI=1S/C19H23N7O/c1-12(2)17-11-26(6-5-20-17)19-21-10-16(24-25-19)15-4-3-13(7-18(15)27)14-8-22-23-9-14/h3-4,7-10,12,17,20,27H,5-6,11H2,1-2H3,(H,22,23)/t17-/m1/s1. The first-order chi connectivity index (χ1) is 13.1. The summed E-state index contributed by atoms with van der Waals surface area (Å²) in [5.74, 6) is 1.31. The van der Waals surface area contributed by atoms with E-state index in [1.807, 2.05) is 12.1 Å². The molecule has 1 saturated heterocycles. The van der Waals surface area contributed by atoms with Crippen molar-refractivity contribution in [1.82, 2.24) is 30.7 Å². The van der Waals surface area contributed by atoms with Crippen LogP contribution in [0, 0.1) is 5.92 Å². The van der Waals surface area contributed by atoms with Gasteiger partial charge in [-0.15, -0.1) is 10.2 Å². The van der Waals surface area contributed by atoms with Gasteiger partial charge in [0.25, 0.3) is 0 Å². The highest BCUT2D eigenvalue weighted by atomic mass is 16.3. The first-order valence-corrected chi connectivity index (χ1v) is 9.12. The molecule has 2 aromatic heterocycles. The predicted molar refractivity (Wildman–Crippen MR) is 103 cm³/mol. The summed E-state index contributed by atoms with van der Waals surface area (Å²) < 4.78 is 0. The summed E-state index contributed by atoms with van der Waals surface area (Å²) in [7, 11) is 0. The number of benzene rings is 1. The lowest BCUT2D eigenvalue weighted by molar-refractivity contribution is 0.365. The molecule has 1 fully saturated rings. The van der Waals surface area contributed by atoms with E-state index in [1.54, 1.807) is 24.7 Å². The van der Waals surface area contributed by atoms with E-state index in [-0.39, 0.29) is 5.75 Å². The Balaban J connectivity index is 1.54. The minimum absolute atomic E-state index is 0.139. The van der Waals surface area contributed by atoms with E-state index in [0.29, 0.717) is 29.2 Å². The molecule has 8 nitrogen and oxygen atoms in total. The van der Waals surface area contributed by atoms with Gasteiger partial charge in [-0.3, -0.25) is 5.10 Å². The molecule has 0 bridgehead atoms. The van der Waals surface area contributed by atoms with Gasteiger partial charge in [0.15, 0.2) is 0 Å². The van der Waals surface area contributed by atoms with Gasteiger partial charge in [-0.25, -0.2) is 4.98 Å². The summed E-state index contributed by atoms with van der Waals surface area (Å²) in [5.41, 5.74) is 2.94. The Kier molecular flexibility index (Phi) is 4.72. The topological polar surface area (TPSA) is 103 Å². The lowest BCUT2D eigenvalue weighted by Gasteiger charge is -2.35. The average molecular weight is 365 g/mol. The smallest absolute Gasteiger partial charge is 0.245 e. The van der Waals surface area contributed by atoms with Crippen molar-refractivity contribution < 1.29 is 5.11 Å². The molecule has 0 unspecified atom stereocenters. The van der Waals surface area contributed by atoms with Crippen LogP contribution in [0.4, 0.5) is 5.95 Å². The van der Waals surface area contributed by atoms with Crippen molar-refractivity contribution in [2.45, 2.75) is 19.9 Å². The molecule has 140 valence electrons. The number of piperazine rings is 1. The van der Waals surface area contributed by atoms with Crippen molar-refractivity contribution in [3.63, 3.8) is 0 Å². The van der Waals surface area contributed by atoms with Crippen molar-refractivity contribution in [2.75, 3.05) is 24.5 Å². The third-order valence-corrected chi connectivity index (χ3v) is 4.95. The zero-order chi connectivity index (χ0) is 18.8. The summed E-state index contributed by atoms with van der Waals surface area (Å²) in [6.07, 6.45) is 5.16. The fourth-order valence-corrected chi connectivity index (χ4v) is 3.28. The van der Waals surface area contributed by atoms with Crippen LogP contribution in [-0.2, 0) is 0 Å². The van der Waals surface area contributed by atoms with Crippen LogP contribution >= 0.6 is 0 Å². The number of rotatable bonds is 4. The van der Waals surface area contributed by atoms with Crippen LogP contribution in [0.15, 0.2) is 36.8 Å². The Bertz CT molecular complexity index is 893. The molecule has 1 aliphatic rings. The quantitative estimate of drug-likeness (QED) is 0.650. The number of hydrogen-bond acceptors (Lipinski definition) is 7. The SMILES string of the molecule is CC(C)[C@H]1CN(c2ncc(-c3ccc(-c4cn[nH]c4)cc3O)nn2)CCN1. The molecule has 8 heteroatoms. The predicted octanol–water partition coefficient (Wildman–Crippen LogP) is 2.07. The van der Waals surface area contributed by atoms with Gasteiger partial charge in [0.2, 0.25) is 5.95 Å². The van der Waals surface area contributed by atoms with E-state index in [0.717, 1.165) is 30.8 Å². The monoisotopic (exact) mass is 365 g/mol. The number of phenols is 1. The lowest BCUT2D eigenvalue weighted by atomic mass is 10.0. The minimum atomic E-state index is 0.139. The highest BCUT2D eigenvalue weighted by molar-refractivity contribution is 5.73. The van der Waals surface area contributed by atoms with Gasteiger partial charge in [0, 0.05) is 43.0 Å². The van der Waals surface area contributed by atoms with E-state index in [1.165, 1.54) is 0 Å². The molecule has 4 rings (SSSR count). The molecule has 0 amide bonds. The first kappa shape index (κ1) is 17.4. The molecule has 0 saturated carbocycles. The summed E-state index contributed by atoms with van der Waals surface area (Å²) in [5, 5.41) is 29.2. The number of nitrogens with zero attached hydrogens (tertiary/aromatic N) is 5. The Morgan fingerprint density at radius 2 is 2.07 bits per heavy atom. The Morgan fingerprint density at radius 3 is 2.74 bits per heavy atom. The molecular weight excluding hydrogens is 342 g/mol. The number of hydrogen-bond donors (Lipinski definition) is 3. The number of H-pyrrole nitrogens is 1. The fourth-order valence-electron chi connectivity index (χ4n) is 3.28. The average Bonchev–Trinajstić information content (AvgIpc) is 3.23. The lowest BCUT2D eigenvalue weighted by Crippen LogP contribution is -2.53. The van der Waals surface area contributed by atoms with E-state index in [2.05, 4.69) is 49.4 Å². The number of aromatic hydroxyl groups is 1. The second-order valence-corrected chi connectivity index (χ2v) is 7.11. The van der Waals surface area contributed by atoms with E-state index in [4.69, 9.17) is 0 Å². The first-order valence-electron chi connectivity index (χ1n) is 9.12. The number of nitrogens with one attached hydrogen (secondary N) is 2. The van der Waals surface area contributed by atoms with Crippen LogP contribution in [0.3, 0.4) is 0 Å². The van der Waals surface area contributed by atoms with Crippen molar-refractivity contribution in [3.8, 4) is 28.1 Å². The van der Waals surface area contributed by atoms with Crippen LogP contribution in [0.1, 0.15) is 13.8 Å². The number of aromatic nitrogens is 5. The van der Waals surface area contributed by atoms with Crippen LogP contribution < -0.4 is 10.2 Å². The Morgan fingerprint density at radius 1 is 1.19 bits per heavy atom. The molecular formula is C19H23N7O. The van der Waals surface area contributed by atoms with Crippen molar-refractivity contribution in [1.29, 1.82) is 0 Å². The van der Waals surface area contributed by atoms with Crippen LogP contribution in [-0.4, -0.2) is 56.2 Å². The van der Waals surface area contributed by atoms with Gasteiger partial charge < -0.3 is 15.3 Å². The molecule has 0 aliphatic carbocycles. The Hall–Kier alpha value is -3.00. The van der Waals surface area contributed by atoms with Gasteiger partial charge in [-0.05, 0) is 23.6 Å². The number of aromatic amines is 1. The summed E-state index contributed by atoms with van der Waals surface area (Å²) in [6.45, 7) is 7.04. The van der Waals surface area contributed by atoms with E-state index >= 15 is 0 Å². The molecule has 1 atom stereocenters. The van der Waals surface area contributed by atoms with Crippen LogP contribution in [0.2, 0.25) is 0 Å². The van der Waals surface area contributed by atoms with Crippen LogP contribution in [0.5, 0.6) is 5.75 Å². The molecule has 1 aromatic carbocycles. The zero-order valence-corrected chi connectivity index (χ0v) is 15.4. The number of anilines is 1. The molecule has 1 aliphatic heterocycles. The van der Waals surface area contributed by atoms with Gasteiger partial charge in [-0.1, -0.05) is 19.9 Å². The highest BCUT2D eigenvalue weighted by Gasteiger charge is 2.23. The largest absolute Gasteiger partial charge is 0.507 e. The summed E-state index contributed by atoms with van der Waals surface area (Å²) in [6, 6.07) is 5.85. The van der Waals surface area contributed by atoms with Crippen molar-refractivity contribution >= 4 is 5.95 Å². The fraction of sp³-hybridized carbons (Fsp3) is 0.368. The molecule has 27 heavy (non-hydrogen) atoms. The molecule has 0 spiro atoms. The van der Waals surface area contributed by atoms with Gasteiger partial charge >= 0.3 is 0 Å². The Labute approximate surface area is 157 Å². The molecule has 3 N–H and O–H groups in total. The molecule has 3 heterocycles. The van der Waals surface area contributed by atoms with Gasteiger partial charge in [-0.2, -0.15) is 5.10 Å². The van der Waals surface area contributed by atoms with Crippen LogP contribution in [0.25, 0.3) is 22.4 Å². The van der Waals surface area contributed by atoms with E-state index < -0.39 is 0 Å². The second kappa shape index (κ2) is 7.32. The van der Waals surface area contributed by atoms with Gasteiger partial charge in [0.05, 0.1) is 12.4 Å². The van der Waals surface area contributed by atoms with Crippen molar-refractivity contribution in [3.05, 3.63) is 36.8 Å². The molecule has 0 radical (unpaired) electrons. The summed E-state index contributed by atoms with van der Waals surface area (Å²) >= 11 is 0. The van der Waals surface area contributed by atoms with Gasteiger partial charge in [0.1, 0.15) is 11.4 Å². The summed E-state index contributed by atoms with van der Waals surface area (Å²) in [4.78, 5) is 6.64. The maximum absolute atomic E-state index is 10.4. The third kappa shape index (κ3) is 3.61. The maximum Gasteiger partial charge on any atom is 0.245 e. The zero-order valence-electron chi connectivity index (χ0n) is 15.4.